The van der Waals surface area contributed by atoms with E-state index >= 15 is 0 Å². The second kappa shape index (κ2) is 9.38. The summed E-state index contributed by atoms with van der Waals surface area (Å²) in [4.78, 5) is 22.2. The smallest absolute Gasteiger partial charge is 0.434 e. The van der Waals surface area contributed by atoms with Crippen LogP contribution in [0.1, 0.15) is 53.4 Å². The largest absolute Gasteiger partial charge is 0.480 e. The maximum atomic E-state index is 13.0. The van der Waals surface area contributed by atoms with Gasteiger partial charge in [-0.2, -0.15) is 18.2 Å². The number of aromatic nitrogens is 6. The average Bonchev–Trinajstić information content (AvgIpc) is 3.51. The van der Waals surface area contributed by atoms with Gasteiger partial charge >= 0.3 is 6.18 Å². The number of hydrogen-bond acceptors (Lipinski definition) is 7. The molecule has 0 spiro atoms. The molecule has 11 heteroatoms. The Morgan fingerprint density at radius 2 is 1.79 bits per heavy atom. The van der Waals surface area contributed by atoms with Crippen LogP contribution in [0.5, 0.6) is 11.8 Å². The normalized spacial score (nSPS) is 15.0. The fourth-order valence-electron chi connectivity index (χ4n) is 4.82. The summed E-state index contributed by atoms with van der Waals surface area (Å²) in [5, 5.41) is 0. The van der Waals surface area contributed by atoms with E-state index in [-0.39, 0.29) is 12.4 Å². The zero-order valence-corrected chi connectivity index (χ0v) is 20.9. The zero-order chi connectivity index (χ0) is 26.4. The first-order chi connectivity index (χ1) is 18.3. The fraction of sp³-hybridized carbons (Fsp3) is 0.370. The van der Waals surface area contributed by atoms with E-state index in [1.807, 2.05) is 12.1 Å². The van der Waals surface area contributed by atoms with Crippen molar-refractivity contribution in [2.45, 2.75) is 50.8 Å². The molecule has 0 N–H and O–H groups in total. The Bertz CT molecular complexity index is 1500. The van der Waals surface area contributed by atoms with Gasteiger partial charge in [-0.15, -0.1) is 0 Å². The SMILES string of the molecule is COc1ncnc(C2CC2)c1-c1nc2c(c(OCc3ccc(-c4nc(C(F)(F)F)cn4C)cc3)n1)CCC2. The Hall–Kier alpha value is -4.02. The van der Waals surface area contributed by atoms with Gasteiger partial charge in [0.1, 0.15) is 24.3 Å². The summed E-state index contributed by atoms with van der Waals surface area (Å²) in [5.41, 5.74) is 4.10. The van der Waals surface area contributed by atoms with E-state index in [2.05, 4.69) is 15.0 Å². The van der Waals surface area contributed by atoms with Gasteiger partial charge < -0.3 is 14.0 Å². The number of ether oxygens (including phenoxy) is 2. The predicted molar refractivity (Wildman–Crippen MR) is 132 cm³/mol. The number of aryl methyl sites for hydroxylation is 2. The van der Waals surface area contributed by atoms with Crippen LogP contribution in [-0.2, 0) is 32.7 Å². The Kier molecular flexibility index (Phi) is 6.00. The number of hydrogen-bond donors (Lipinski definition) is 0. The van der Waals surface area contributed by atoms with Crippen molar-refractivity contribution in [1.82, 2.24) is 29.5 Å². The molecule has 3 aromatic heterocycles. The van der Waals surface area contributed by atoms with Crippen LogP contribution in [0.25, 0.3) is 22.8 Å². The molecule has 2 aliphatic rings. The highest BCUT2D eigenvalue weighted by molar-refractivity contribution is 5.67. The van der Waals surface area contributed by atoms with Crippen LogP contribution >= 0.6 is 0 Å². The molecule has 0 amide bonds. The lowest BCUT2D eigenvalue weighted by Crippen LogP contribution is -2.07. The van der Waals surface area contributed by atoms with E-state index in [0.29, 0.717) is 29.1 Å². The van der Waals surface area contributed by atoms with Gasteiger partial charge in [0.05, 0.1) is 18.5 Å². The van der Waals surface area contributed by atoms with Crippen LogP contribution in [0.4, 0.5) is 13.2 Å². The van der Waals surface area contributed by atoms with Gasteiger partial charge in [0, 0.05) is 30.3 Å². The van der Waals surface area contributed by atoms with Crippen molar-refractivity contribution < 1.29 is 22.6 Å². The Morgan fingerprint density at radius 3 is 2.47 bits per heavy atom. The van der Waals surface area contributed by atoms with Crippen molar-refractivity contribution in [2.75, 3.05) is 7.11 Å². The third kappa shape index (κ3) is 4.57. The fourth-order valence-corrected chi connectivity index (χ4v) is 4.82. The standard InChI is InChI=1S/C27H25F3N6O2/c1-36-12-20(27(28,29)30)34-24(36)17-8-6-15(7-9-17)13-38-25-18-4-3-5-19(18)33-23(35-25)21-22(16-10-11-16)31-14-32-26(21)37-2/h6-9,12,14,16H,3-5,10-11,13H2,1-2H3. The van der Waals surface area contributed by atoms with Crippen molar-refractivity contribution in [3.05, 3.63) is 65.0 Å². The Labute approximate surface area is 216 Å². The van der Waals surface area contributed by atoms with E-state index in [0.717, 1.165) is 66.4 Å². The summed E-state index contributed by atoms with van der Waals surface area (Å²) in [6.07, 6.45) is 2.79. The molecule has 0 saturated heterocycles. The quantitative estimate of drug-likeness (QED) is 0.325. The first kappa shape index (κ1) is 24.3. The Balaban J connectivity index is 1.27. The number of benzene rings is 1. The number of imidazole rings is 1. The van der Waals surface area contributed by atoms with Crippen molar-refractivity contribution in [3.63, 3.8) is 0 Å². The van der Waals surface area contributed by atoms with Crippen molar-refractivity contribution in [3.8, 4) is 34.5 Å². The van der Waals surface area contributed by atoms with Gasteiger partial charge in [-0.3, -0.25) is 0 Å². The van der Waals surface area contributed by atoms with Gasteiger partial charge in [-0.25, -0.2) is 19.9 Å². The minimum Gasteiger partial charge on any atom is -0.480 e. The van der Waals surface area contributed by atoms with E-state index in [1.54, 1.807) is 26.3 Å². The first-order valence-corrected chi connectivity index (χ1v) is 12.4. The van der Waals surface area contributed by atoms with Crippen LogP contribution in [0.2, 0.25) is 0 Å². The monoisotopic (exact) mass is 522 g/mol. The molecule has 0 radical (unpaired) electrons. The molecule has 0 aliphatic heterocycles. The lowest BCUT2D eigenvalue weighted by Gasteiger charge is -2.15. The zero-order valence-electron chi connectivity index (χ0n) is 20.9. The predicted octanol–water partition coefficient (Wildman–Crippen LogP) is 5.31. The third-order valence-electron chi connectivity index (χ3n) is 6.87. The van der Waals surface area contributed by atoms with Crippen LogP contribution in [0.15, 0.2) is 36.8 Å². The van der Waals surface area contributed by atoms with Crippen LogP contribution < -0.4 is 9.47 Å². The molecule has 1 aromatic carbocycles. The molecule has 3 heterocycles. The van der Waals surface area contributed by atoms with Gasteiger partial charge in [-0.05, 0) is 37.7 Å². The minimum absolute atomic E-state index is 0.244. The topological polar surface area (TPSA) is 87.8 Å². The van der Waals surface area contributed by atoms with E-state index in [9.17, 15) is 13.2 Å². The summed E-state index contributed by atoms with van der Waals surface area (Å²) >= 11 is 0. The van der Waals surface area contributed by atoms with Gasteiger partial charge in [0.25, 0.3) is 0 Å². The first-order valence-electron chi connectivity index (χ1n) is 12.4. The molecule has 4 aromatic rings. The highest BCUT2D eigenvalue weighted by atomic mass is 19.4. The van der Waals surface area contributed by atoms with E-state index in [4.69, 9.17) is 19.4 Å². The van der Waals surface area contributed by atoms with Crippen molar-refractivity contribution in [2.24, 2.45) is 7.05 Å². The van der Waals surface area contributed by atoms with E-state index in [1.165, 1.54) is 10.9 Å². The number of rotatable bonds is 7. The molecular weight excluding hydrogens is 497 g/mol. The molecule has 6 rings (SSSR count). The molecule has 1 saturated carbocycles. The molecule has 0 bridgehead atoms. The maximum absolute atomic E-state index is 13.0. The summed E-state index contributed by atoms with van der Waals surface area (Å²) < 4.78 is 52.2. The highest BCUT2D eigenvalue weighted by Crippen LogP contribution is 2.45. The Morgan fingerprint density at radius 1 is 1.00 bits per heavy atom. The number of alkyl halides is 3. The van der Waals surface area contributed by atoms with Crippen LogP contribution in [0.3, 0.4) is 0 Å². The lowest BCUT2D eigenvalue weighted by atomic mass is 10.1. The van der Waals surface area contributed by atoms with Crippen LogP contribution in [-0.4, -0.2) is 36.6 Å². The maximum Gasteiger partial charge on any atom is 0.434 e. The van der Waals surface area contributed by atoms with E-state index < -0.39 is 11.9 Å². The van der Waals surface area contributed by atoms with Crippen LogP contribution in [0, 0.1) is 0 Å². The number of nitrogens with zero attached hydrogens (tertiary/aromatic N) is 6. The molecule has 38 heavy (non-hydrogen) atoms. The molecule has 0 atom stereocenters. The summed E-state index contributed by atoms with van der Waals surface area (Å²) in [6.45, 7) is 0.245. The lowest BCUT2D eigenvalue weighted by molar-refractivity contribution is -0.140. The number of methoxy groups -OCH3 is 1. The average molecular weight is 523 g/mol. The second-order valence-electron chi connectivity index (χ2n) is 9.59. The second-order valence-corrected chi connectivity index (χ2v) is 9.59. The minimum atomic E-state index is -4.49. The molecule has 2 aliphatic carbocycles. The van der Waals surface area contributed by atoms with Gasteiger partial charge in [-0.1, -0.05) is 24.3 Å². The molecule has 1 fully saturated rings. The molecule has 8 nitrogen and oxygen atoms in total. The molecule has 0 unspecified atom stereocenters. The van der Waals surface area contributed by atoms with Gasteiger partial charge in [0.15, 0.2) is 11.5 Å². The highest BCUT2D eigenvalue weighted by Gasteiger charge is 2.35. The van der Waals surface area contributed by atoms with Crippen molar-refractivity contribution in [1.29, 1.82) is 0 Å². The number of halogens is 3. The molecule has 196 valence electrons. The van der Waals surface area contributed by atoms with Crippen molar-refractivity contribution >= 4 is 0 Å². The number of fused-ring (bicyclic) bond motifs is 1. The van der Waals surface area contributed by atoms with Gasteiger partial charge in [0.2, 0.25) is 11.8 Å². The molecular formula is C27H25F3N6O2. The summed E-state index contributed by atoms with van der Waals surface area (Å²) in [5.74, 6) is 2.08. The summed E-state index contributed by atoms with van der Waals surface area (Å²) in [7, 11) is 3.12. The third-order valence-corrected chi connectivity index (χ3v) is 6.87. The summed E-state index contributed by atoms with van der Waals surface area (Å²) in [6, 6.07) is 7.12.